The molecule has 1 saturated heterocycles. The first kappa shape index (κ1) is 21.7. The molecule has 0 aliphatic carbocycles. The molecule has 0 bridgehead atoms. The van der Waals surface area contributed by atoms with Gasteiger partial charge in [-0.1, -0.05) is 37.3 Å². The molecule has 1 amide bonds. The summed E-state index contributed by atoms with van der Waals surface area (Å²) in [6, 6.07) is 7.35. The lowest BCUT2D eigenvalue weighted by atomic mass is 9.91. The van der Waals surface area contributed by atoms with E-state index in [2.05, 4.69) is 26.2 Å². The molecule has 1 aliphatic heterocycles. The molecule has 1 N–H and O–H groups in total. The smallest absolute Gasteiger partial charge is 0.258 e. The van der Waals surface area contributed by atoms with E-state index in [1.165, 1.54) is 0 Å². The number of hydrogen-bond acceptors (Lipinski definition) is 4. The summed E-state index contributed by atoms with van der Waals surface area (Å²) in [5.74, 6) is 0.502. The Morgan fingerprint density at radius 1 is 1.37 bits per heavy atom. The van der Waals surface area contributed by atoms with Crippen LogP contribution in [-0.4, -0.2) is 51.1 Å². The maximum absolute atomic E-state index is 12.6. The molecule has 0 aromatic heterocycles. The number of rotatable bonds is 9. The first-order chi connectivity index (χ1) is 12.7. The Hall–Kier alpha value is -1.60. The van der Waals surface area contributed by atoms with E-state index < -0.39 is 26.3 Å². The van der Waals surface area contributed by atoms with Crippen molar-refractivity contribution < 1.29 is 19.4 Å². The quantitative estimate of drug-likeness (QED) is 0.383. The lowest BCUT2D eigenvalue weighted by Gasteiger charge is -2.48. The molecular weight excluding hydrogens is 382 g/mol. The number of carbonyl (C=O) groups is 1. The van der Waals surface area contributed by atoms with Crippen LogP contribution in [0.3, 0.4) is 0 Å². The van der Waals surface area contributed by atoms with E-state index in [9.17, 15) is 9.90 Å². The summed E-state index contributed by atoms with van der Waals surface area (Å²) in [5.41, 5.74) is 0.679. The molecule has 0 spiro atoms. The van der Waals surface area contributed by atoms with Crippen LogP contribution in [0.15, 0.2) is 48.0 Å². The van der Waals surface area contributed by atoms with Gasteiger partial charge in [-0.2, -0.15) is 0 Å². The highest BCUT2D eigenvalue weighted by Gasteiger charge is 2.52. The van der Waals surface area contributed by atoms with E-state index in [1.807, 2.05) is 0 Å². The minimum absolute atomic E-state index is 0.194. The molecule has 0 saturated carbocycles. The van der Waals surface area contributed by atoms with Crippen LogP contribution in [0.2, 0.25) is 25.7 Å². The van der Waals surface area contributed by atoms with Gasteiger partial charge in [-0.3, -0.25) is 4.79 Å². The number of ether oxygens (including phenoxy) is 2. The number of carbonyl (C=O) groups excluding carboxylic acids is 1. The van der Waals surface area contributed by atoms with Crippen molar-refractivity contribution in [3.05, 3.63) is 48.0 Å². The first-order valence-electron chi connectivity index (χ1n) is 8.92. The predicted octanol–water partition coefficient (Wildman–Crippen LogP) is 3.80. The number of allylic oxidation sites excluding steroid dienone is 1. The second-order valence-corrected chi connectivity index (χ2v) is 13.7. The lowest BCUT2D eigenvalue weighted by Crippen LogP contribution is -2.70. The van der Waals surface area contributed by atoms with E-state index in [4.69, 9.17) is 21.1 Å². The van der Waals surface area contributed by atoms with Crippen LogP contribution in [0.5, 0.6) is 5.75 Å². The van der Waals surface area contributed by atoms with Crippen LogP contribution < -0.4 is 9.64 Å². The lowest BCUT2D eigenvalue weighted by molar-refractivity contribution is -0.144. The number of halogens is 1. The van der Waals surface area contributed by atoms with Crippen molar-refractivity contribution in [1.82, 2.24) is 0 Å². The van der Waals surface area contributed by atoms with Crippen LogP contribution in [0, 0.1) is 0 Å². The molecule has 27 heavy (non-hydrogen) atoms. The van der Waals surface area contributed by atoms with E-state index in [-0.39, 0.29) is 12.5 Å². The second-order valence-electron chi connectivity index (χ2n) is 7.78. The molecule has 0 unspecified atom stereocenters. The zero-order chi connectivity index (χ0) is 20.2. The third-order valence-electron chi connectivity index (χ3n) is 4.23. The molecule has 1 aromatic rings. The zero-order valence-electron chi connectivity index (χ0n) is 16.3. The van der Waals surface area contributed by atoms with Crippen molar-refractivity contribution in [2.75, 3.05) is 18.6 Å². The van der Waals surface area contributed by atoms with Gasteiger partial charge >= 0.3 is 0 Å². The fraction of sp³-hybridized carbons (Fsp3) is 0.450. The minimum Gasteiger partial charge on any atom is -0.497 e. The predicted molar refractivity (Wildman–Crippen MR) is 112 cm³/mol. The average molecular weight is 410 g/mol. The number of benzene rings is 1. The Morgan fingerprint density at radius 2 is 2.00 bits per heavy atom. The number of methoxy groups -OCH3 is 1. The van der Waals surface area contributed by atoms with Crippen LogP contribution in [0.25, 0.3) is 0 Å². The molecule has 5 nitrogen and oxygen atoms in total. The summed E-state index contributed by atoms with van der Waals surface area (Å²) < 4.78 is 10.8. The molecular formula is C20H28ClNO4Si. The molecule has 1 heterocycles. The van der Waals surface area contributed by atoms with E-state index in [1.54, 1.807) is 48.4 Å². The monoisotopic (exact) mass is 409 g/mol. The number of amides is 1. The van der Waals surface area contributed by atoms with Crippen molar-refractivity contribution in [3.8, 4) is 5.75 Å². The molecule has 1 aliphatic rings. The van der Waals surface area contributed by atoms with Gasteiger partial charge in [0, 0.05) is 18.8 Å². The zero-order valence-corrected chi connectivity index (χ0v) is 18.1. The molecule has 3 atom stereocenters. The van der Waals surface area contributed by atoms with Crippen LogP contribution in [-0.2, 0) is 9.53 Å². The number of aliphatic hydroxyl groups excluding tert-OH is 1. The summed E-state index contributed by atoms with van der Waals surface area (Å²) >= 11 is 6.37. The number of anilines is 1. The number of aliphatic hydroxyl groups is 1. The summed E-state index contributed by atoms with van der Waals surface area (Å²) in [5, 5.41) is 11.4. The standard InChI is InChI=1S/C20H28ClNO4Si/c1-6-11-26-19-18(17(23)12-14(21)13-27(3,4)5)22(20(19)24)15-7-9-16(25-2)10-8-15/h6-10,12,17-19,23H,1,11,13H2,2-5H3/b14-12-/t17-,18+,19-/m1/s1. The fourth-order valence-electron chi connectivity index (χ4n) is 3.05. The third-order valence-corrected chi connectivity index (χ3v) is 6.16. The van der Waals surface area contributed by atoms with Gasteiger partial charge in [0.25, 0.3) is 5.91 Å². The Morgan fingerprint density at radius 3 is 2.52 bits per heavy atom. The highest BCUT2D eigenvalue weighted by molar-refractivity contribution is 6.77. The SMILES string of the molecule is C=CCO[C@H]1C(=O)N(c2ccc(OC)cc2)[C@H]1[C@H](O)/C=C(\Cl)C[Si](C)(C)C. The van der Waals surface area contributed by atoms with E-state index in [0.717, 1.165) is 6.04 Å². The van der Waals surface area contributed by atoms with Crippen molar-refractivity contribution in [1.29, 1.82) is 0 Å². The van der Waals surface area contributed by atoms with Crippen LogP contribution >= 0.6 is 11.6 Å². The summed E-state index contributed by atoms with van der Waals surface area (Å²) in [6.45, 7) is 10.5. The van der Waals surface area contributed by atoms with E-state index in [0.29, 0.717) is 16.5 Å². The van der Waals surface area contributed by atoms with Gasteiger partial charge in [0.1, 0.15) is 11.8 Å². The Kier molecular flexibility index (Phi) is 7.28. The minimum atomic E-state index is -1.41. The van der Waals surface area contributed by atoms with Gasteiger partial charge < -0.3 is 19.5 Å². The molecule has 2 rings (SSSR count). The van der Waals surface area contributed by atoms with Crippen molar-refractivity contribution in [2.24, 2.45) is 0 Å². The Balaban J connectivity index is 2.25. The molecule has 7 heteroatoms. The Bertz CT molecular complexity index is 699. The summed E-state index contributed by atoms with van der Waals surface area (Å²) in [6.07, 6.45) is 1.56. The van der Waals surface area contributed by atoms with Crippen molar-refractivity contribution in [2.45, 2.75) is 43.9 Å². The van der Waals surface area contributed by atoms with Gasteiger partial charge in [0.15, 0.2) is 6.10 Å². The first-order valence-corrected chi connectivity index (χ1v) is 13.0. The van der Waals surface area contributed by atoms with Gasteiger partial charge in [-0.05, 0) is 36.4 Å². The van der Waals surface area contributed by atoms with Crippen molar-refractivity contribution in [3.63, 3.8) is 0 Å². The topological polar surface area (TPSA) is 59.0 Å². The normalized spacial score (nSPS) is 21.6. The summed E-state index contributed by atoms with van der Waals surface area (Å²) in [7, 11) is 0.177. The summed E-state index contributed by atoms with van der Waals surface area (Å²) in [4.78, 5) is 14.2. The molecule has 0 radical (unpaired) electrons. The van der Waals surface area contributed by atoms with Gasteiger partial charge in [0.2, 0.25) is 0 Å². The Labute approximate surface area is 167 Å². The third kappa shape index (κ3) is 5.45. The van der Waals surface area contributed by atoms with Gasteiger partial charge in [0.05, 0.1) is 19.8 Å². The number of hydrogen-bond donors (Lipinski definition) is 1. The second kappa shape index (κ2) is 9.06. The van der Waals surface area contributed by atoms with Crippen LogP contribution in [0.1, 0.15) is 0 Å². The van der Waals surface area contributed by atoms with E-state index >= 15 is 0 Å². The number of β-lactam (4-membered cyclic amide) rings is 1. The maximum Gasteiger partial charge on any atom is 0.258 e. The average Bonchev–Trinajstić information content (AvgIpc) is 2.58. The molecule has 1 fully saturated rings. The number of nitrogens with zero attached hydrogens (tertiary/aromatic N) is 1. The maximum atomic E-state index is 12.6. The highest BCUT2D eigenvalue weighted by Crippen LogP contribution is 2.34. The van der Waals surface area contributed by atoms with Gasteiger partial charge in [-0.25, -0.2) is 0 Å². The molecule has 148 valence electrons. The molecule has 1 aromatic carbocycles. The fourth-order valence-corrected chi connectivity index (χ4v) is 5.51. The van der Waals surface area contributed by atoms with Gasteiger partial charge in [-0.15, -0.1) is 6.58 Å². The van der Waals surface area contributed by atoms with Crippen molar-refractivity contribution >= 4 is 31.3 Å². The van der Waals surface area contributed by atoms with Crippen LogP contribution in [0.4, 0.5) is 5.69 Å². The largest absolute Gasteiger partial charge is 0.497 e. The highest BCUT2D eigenvalue weighted by atomic mass is 35.5.